The molecule has 4 rings (SSSR count). The maximum absolute atomic E-state index is 12.5. The van der Waals surface area contributed by atoms with Gasteiger partial charge in [-0.2, -0.15) is 5.26 Å². The first-order valence-electron chi connectivity index (χ1n) is 8.32. The molecule has 5 heteroatoms. The maximum Gasteiger partial charge on any atom is 0.246 e. The first kappa shape index (κ1) is 14.3. The smallest absolute Gasteiger partial charge is 0.246 e. The van der Waals surface area contributed by atoms with Crippen LogP contribution in [0.3, 0.4) is 0 Å². The van der Waals surface area contributed by atoms with Gasteiger partial charge in [-0.05, 0) is 37.8 Å². The molecule has 1 amide bonds. The van der Waals surface area contributed by atoms with Crippen molar-refractivity contribution >= 4 is 17.6 Å². The van der Waals surface area contributed by atoms with Crippen LogP contribution in [0, 0.1) is 17.2 Å². The summed E-state index contributed by atoms with van der Waals surface area (Å²) in [4.78, 5) is 19.6. The molecule has 1 N–H and O–H groups in total. The lowest BCUT2D eigenvalue weighted by atomic mass is 9.82. The highest BCUT2D eigenvalue weighted by Crippen LogP contribution is 2.42. The quantitative estimate of drug-likeness (QED) is 0.800. The number of hydrogen-bond donors (Lipinski definition) is 1. The van der Waals surface area contributed by atoms with E-state index in [1.165, 1.54) is 5.56 Å². The summed E-state index contributed by atoms with van der Waals surface area (Å²) in [5.74, 6) is -0.237. The van der Waals surface area contributed by atoms with Gasteiger partial charge in [0.15, 0.2) is 5.92 Å². The van der Waals surface area contributed by atoms with Crippen molar-refractivity contribution in [2.24, 2.45) is 10.9 Å². The number of nitrogens with one attached hydrogen (secondary N) is 1. The topological polar surface area (TPSA) is 68.5 Å². The Hall–Kier alpha value is -2.35. The van der Waals surface area contributed by atoms with Crippen LogP contribution in [0.4, 0.5) is 5.69 Å². The normalized spacial score (nSPS) is 28.3. The molecule has 5 nitrogen and oxygen atoms in total. The number of carbonyl (C=O) groups excluding carboxylic acids is 1. The number of guanidine groups is 1. The number of benzene rings is 1. The molecule has 3 aliphatic rings. The number of hydrogen-bond acceptors (Lipinski definition) is 4. The van der Waals surface area contributed by atoms with Crippen LogP contribution in [0.1, 0.15) is 38.2 Å². The van der Waals surface area contributed by atoms with E-state index in [0.717, 1.165) is 37.8 Å². The van der Waals surface area contributed by atoms with Gasteiger partial charge in [-0.15, -0.1) is 0 Å². The van der Waals surface area contributed by atoms with Crippen LogP contribution in [0.5, 0.6) is 0 Å². The van der Waals surface area contributed by atoms with Crippen molar-refractivity contribution < 1.29 is 4.79 Å². The number of nitrogens with zero attached hydrogens (tertiary/aromatic N) is 3. The number of amides is 1. The van der Waals surface area contributed by atoms with E-state index in [9.17, 15) is 10.1 Å². The summed E-state index contributed by atoms with van der Waals surface area (Å²) in [5.41, 5.74) is 1.87. The number of carbonyl (C=O) groups is 1. The molecule has 2 aliphatic heterocycles. The predicted octanol–water partition coefficient (Wildman–Crippen LogP) is 2.38. The van der Waals surface area contributed by atoms with Crippen molar-refractivity contribution in [3.05, 3.63) is 29.8 Å². The molecule has 2 heterocycles. The minimum Gasteiger partial charge on any atom is -0.309 e. The van der Waals surface area contributed by atoms with Crippen LogP contribution in [0.25, 0.3) is 0 Å². The third-order valence-electron chi connectivity index (χ3n) is 5.40. The third-order valence-corrected chi connectivity index (χ3v) is 5.40. The standard InChI is InChI=1S/C18H20N4O/c1-12-10-13-6-2-3-7-15(13)22(12)17-20-16(23)14(11-19)18(21-17)8-4-5-9-18/h2-3,6-7,12,14H,4-5,8-10H2,1H3,(H,20,21,23)/t12-,14-/m1/s1. The molecule has 1 aromatic carbocycles. The monoisotopic (exact) mass is 308 g/mol. The number of aliphatic imine (C=N–C) groups is 1. The summed E-state index contributed by atoms with van der Waals surface area (Å²) in [7, 11) is 0. The van der Waals surface area contributed by atoms with Gasteiger partial charge in [0.25, 0.3) is 0 Å². The second-order valence-corrected chi connectivity index (χ2v) is 6.85. The Morgan fingerprint density at radius 1 is 1.35 bits per heavy atom. The van der Waals surface area contributed by atoms with Crippen molar-refractivity contribution in [1.82, 2.24) is 5.32 Å². The summed E-state index contributed by atoms with van der Waals surface area (Å²) in [6, 6.07) is 10.7. The Morgan fingerprint density at radius 2 is 2.09 bits per heavy atom. The molecule has 0 unspecified atom stereocenters. The lowest BCUT2D eigenvalue weighted by Crippen LogP contribution is -2.57. The molecule has 1 aromatic rings. The highest BCUT2D eigenvalue weighted by Gasteiger charge is 2.50. The molecule has 1 fully saturated rings. The summed E-state index contributed by atoms with van der Waals surface area (Å²) >= 11 is 0. The predicted molar refractivity (Wildman–Crippen MR) is 88.0 cm³/mol. The molecule has 23 heavy (non-hydrogen) atoms. The number of anilines is 1. The van der Waals surface area contributed by atoms with Crippen molar-refractivity contribution in [2.45, 2.75) is 50.6 Å². The summed E-state index contributed by atoms with van der Waals surface area (Å²) in [6.45, 7) is 2.15. The fourth-order valence-corrected chi connectivity index (χ4v) is 4.30. The van der Waals surface area contributed by atoms with E-state index in [1.54, 1.807) is 0 Å². The highest BCUT2D eigenvalue weighted by atomic mass is 16.2. The van der Waals surface area contributed by atoms with Crippen molar-refractivity contribution in [1.29, 1.82) is 5.26 Å². The van der Waals surface area contributed by atoms with Gasteiger partial charge in [0.05, 0.1) is 11.6 Å². The first-order valence-corrected chi connectivity index (χ1v) is 8.32. The molecule has 1 spiro atoms. The van der Waals surface area contributed by atoms with Crippen LogP contribution in [-0.4, -0.2) is 23.4 Å². The third kappa shape index (κ3) is 2.05. The Labute approximate surface area is 136 Å². The zero-order valence-electron chi connectivity index (χ0n) is 13.2. The van der Waals surface area contributed by atoms with E-state index in [-0.39, 0.29) is 11.9 Å². The second-order valence-electron chi connectivity index (χ2n) is 6.85. The van der Waals surface area contributed by atoms with E-state index in [4.69, 9.17) is 4.99 Å². The van der Waals surface area contributed by atoms with Gasteiger partial charge < -0.3 is 4.90 Å². The van der Waals surface area contributed by atoms with E-state index >= 15 is 0 Å². The molecule has 1 saturated carbocycles. The molecule has 1 aliphatic carbocycles. The molecule has 0 saturated heterocycles. The van der Waals surface area contributed by atoms with Crippen LogP contribution >= 0.6 is 0 Å². The van der Waals surface area contributed by atoms with E-state index in [0.29, 0.717) is 5.96 Å². The maximum atomic E-state index is 12.5. The Morgan fingerprint density at radius 3 is 2.83 bits per heavy atom. The fourth-order valence-electron chi connectivity index (χ4n) is 4.30. The SMILES string of the molecule is C[C@@H]1Cc2ccccc2N1C1=NC2(CCCC2)[C@H](C#N)C(=O)N1. The van der Waals surface area contributed by atoms with Crippen molar-refractivity contribution in [2.75, 3.05) is 4.90 Å². The molecular formula is C18H20N4O. The average Bonchev–Trinajstić information content (AvgIpc) is 3.11. The van der Waals surface area contributed by atoms with E-state index in [2.05, 4.69) is 35.3 Å². The number of para-hydroxylation sites is 1. The molecule has 118 valence electrons. The number of rotatable bonds is 0. The van der Waals surface area contributed by atoms with Crippen molar-refractivity contribution in [3.63, 3.8) is 0 Å². The van der Waals surface area contributed by atoms with Gasteiger partial charge in [0.2, 0.25) is 11.9 Å². The zero-order valence-corrected chi connectivity index (χ0v) is 13.2. The largest absolute Gasteiger partial charge is 0.309 e. The molecule has 2 atom stereocenters. The lowest BCUT2D eigenvalue weighted by molar-refractivity contribution is -0.124. The molecular weight excluding hydrogens is 288 g/mol. The zero-order chi connectivity index (χ0) is 16.0. The van der Waals surface area contributed by atoms with E-state index in [1.807, 2.05) is 12.1 Å². The summed E-state index contributed by atoms with van der Waals surface area (Å²) < 4.78 is 0. The van der Waals surface area contributed by atoms with Gasteiger partial charge in [0, 0.05) is 11.7 Å². The van der Waals surface area contributed by atoms with Crippen LogP contribution in [0.15, 0.2) is 29.3 Å². The van der Waals surface area contributed by atoms with Gasteiger partial charge in [0.1, 0.15) is 0 Å². The van der Waals surface area contributed by atoms with E-state index < -0.39 is 11.5 Å². The average molecular weight is 308 g/mol. The van der Waals surface area contributed by atoms with Gasteiger partial charge >= 0.3 is 0 Å². The van der Waals surface area contributed by atoms with Crippen LogP contribution in [-0.2, 0) is 11.2 Å². The summed E-state index contributed by atoms with van der Waals surface area (Å²) in [5, 5.41) is 12.4. The Balaban J connectivity index is 1.79. The minimum atomic E-state index is -0.665. The number of nitriles is 1. The van der Waals surface area contributed by atoms with Crippen molar-refractivity contribution in [3.8, 4) is 6.07 Å². The van der Waals surface area contributed by atoms with Gasteiger partial charge in [-0.1, -0.05) is 31.0 Å². The fraction of sp³-hybridized carbons (Fsp3) is 0.500. The molecule has 0 radical (unpaired) electrons. The lowest BCUT2D eigenvalue weighted by Gasteiger charge is -2.37. The minimum absolute atomic E-state index is 0.198. The summed E-state index contributed by atoms with van der Waals surface area (Å²) in [6.07, 6.45) is 4.67. The Kier molecular flexibility index (Phi) is 3.15. The molecule has 0 aromatic heterocycles. The molecule has 0 bridgehead atoms. The highest BCUT2D eigenvalue weighted by molar-refractivity contribution is 6.10. The van der Waals surface area contributed by atoms with Gasteiger partial charge in [-0.25, -0.2) is 4.99 Å². The van der Waals surface area contributed by atoms with Crippen LogP contribution in [0.2, 0.25) is 0 Å². The van der Waals surface area contributed by atoms with Crippen LogP contribution < -0.4 is 10.2 Å². The second kappa shape index (κ2) is 5.09. The number of fused-ring (bicyclic) bond motifs is 1. The first-order chi connectivity index (χ1) is 11.1. The van der Waals surface area contributed by atoms with Gasteiger partial charge in [-0.3, -0.25) is 10.1 Å². The Bertz CT molecular complexity index is 727.